The van der Waals surface area contributed by atoms with Gasteiger partial charge in [0.25, 0.3) is 0 Å². The van der Waals surface area contributed by atoms with E-state index < -0.39 is 0 Å². The third-order valence-corrected chi connectivity index (χ3v) is 4.42. The molecule has 0 bridgehead atoms. The first-order valence-electron chi connectivity index (χ1n) is 7.82. The van der Waals surface area contributed by atoms with Crippen LogP contribution in [-0.4, -0.2) is 31.0 Å². The number of imidazole rings is 1. The summed E-state index contributed by atoms with van der Waals surface area (Å²) in [6.07, 6.45) is 0. The molecule has 23 heavy (non-hydrogen) atoms. The van der Waals surface area contributed by atoms with Crippen LogP contribution >= 0.6 is 0 Å². The van der Waals surface area contributed by atoms with Crippen LogP contribution in [0.4, 0.5) is 5.69 Å². The number of nitrogens with zero attached hydrogens (tertiary/aromatic N) is 4. The smallest absolute Gasteiger partial charge is 0.106 e. The highest BCUT2D eigenvalue weighted by Gasteiger charge is 2.11. The summed E-state index contributed by atoms with van der Waals surface area (Å²) in [5.74, 6) is 1.01. The summed E-state index contributed by atoms with van der Waals surface area (Å²) < 4.78 is 3.95. The minimum absolute atomic E-state index is 0.102. The third-order valence-electron chi connectivity index (χ3n) is 4.42. The molecule has 0 atom stereocenters. The van der Waals surface area contributed by atoms with E-state index in [4.69, 9.17) is 5.11 Å². The highest BCUT2D eigenvalue weighted by Crippen LogP contribution is 2.21. The van der Waals surface area contributed by atoms with E-state index in [1.54, 1.807) is 0 Å². The van der Waals surface area contributed by atoms with Crippen molar-refractivity contribution < 1.29 is 5.11 Å². The molecule has 0 radical (unpaired) electrons. The molecule has 0 fully saturated rings. The molecule has 1 aromatic carbocycles. The molecule has 3 rings (SSSR count). The molecule has 6 heteroatoms. The van der Waals surface area contributed by atoms with Gasteiger partial charge in [-0.05, 0) is 39.0 Å². The molecule has 0 aliphatic carbocycles. The molecule has 122 valence electrons. The third kappa shape index (κ3) is 2.82. The first-order valence-corrected chi connectivity index (χ1v) is 7.82. The zero-order chi connectivity index (χ0) is 16.6. The molecule has 6 nitrogen and oxygen atoms in total. The van der Waals surface area contributed by atoms with E-state index >= 15 is 0 Å². The van der Waals surface area contributed by atoms with E-state index in [2.05, 4.69) is 38.2 Å². The van der Waals surface area contributed by atoms with Crippen molar-refractivity contribution in [2.24, 2.45) is 7.05 Å². The van der Waals surface area contributed by atoms with Crippen LogP contribution < -0.4 is 5.32 Å². The number of nitrogens with one attached hydrogen (secondary N) is 1. The van der Waals surface area contributed by atoms with Crippen LogP contribution in [0.5, 0.6) is 0 Å². The summed E-state index contributed by atoms with van der Waals surface area (Å²) in [5.41, 5.74) is 6.45. The topological polar surface area (TPSA) is 67.9 Å². The Bertz CT molecular complexity index is 846. The largest absolute Gasteiger partial charge is 0.394 e. The lowest BCUT2D eigenvalue weighted by Gasteiger charge is -2.08. The SMILES string of the molecule is Cc1nn(CCO)c(C)c1CNc1ccc2c(c1)nc(C)n2C. The van der Waals surface area contributed by atoms with E-state index in [0.29, 0.717) is 13.1 Å². The van der Waals surface area contributed by atoms with Crippen molar-refractivity contribution in [2.75, 3.05) is 11.9 Å². The first-order chi connectivity index (χ1) is 11.0. The fourth-order valence-corrected chi connectivity index (χ4v) is 2.92. The standard InChI is InChI=1S/C17H23N5O/c1-11-15(12(2)22(20-11)7-8-23)10-18-14-5-6-17-16(9-14)19-13(3)21(17)4/h5-6,9,18,23H,7-8,10H2,1-4H3. The van der Waals surface area contributed by atoms with E-state index in [-0.39, 0.29) is 6.61 Å². The number of benzene rings is 1. The average Bonchev–Trinajstić information content (AvgIpc) is 2.95. The molecule has 0 aliphatic heterocycles. The Morgan fingerprint density at radius 3 is 2.74 bits per heavy atom. The van der Waals surface area contributed by atoms with Crippen molar-refractivity contribution >= 4 is 16.7 Å². The van der Waals surface area contributed by atoms with Crippen LogP contribution in [0.3, 0.4) is 0 Å². The second-order valence-corrected chi connectivity index (χ2v) is 5.87. The number of aliphatic hydroxyl groups excluding tert-OH is 1. The Hall–Kier alpha value is -2.34. The molecule has 0 saturated carbocycles. The molecule has 0 spiro atoms. The summed E-state index contributed by atoms with van der Waals surface area (Å²) in [6.45, 7) is 7.40. The molecule has 0 amide bonds. The molecule has 0 saturated heterocycles. The van der Waals surface area contributed by atoms with Gasteiger partial charge in [-0.1, -0.05) is 0 Å². The maximum atomic E-state index is 9.09. The maximum absolute atomic E-state index is 9.09. The van der Waals surface area contributed by atoms with Crippen LogP contribution in [0.2, 0.25) is 0 Å². The second kappa shape index (κ2) is 6.04. The van der Waals surface area contributed by atoms with Gasteiger partial charge in [-0.15, -0.1) is 0 Å². The average molecular weight is 313 g/mol. The van der Waals surface area contributed by atoms with Crippen molar-refractivity contribution in [2.45, 2.75) is 33.9 Å². The van der Waals surface area contributed by atoms with Gasteiger partial charge in [0.15, 0.2) is 0 Å². The highest BCUT2D eigenvalue weighted by atomic mass is 16.3. The van der Waals surface area contributed by atoms with Crippen LogP contribution in [-0.2, 0) is 20.1 Å². The Morgan fingerprint density at radius 2 is 2.00 bits per heavy atom. The molecule has 3 aromatic rings. The summed E-state index contributed by atoms with van der Waals surface area (Å²) in [4.78, 5) is 4.57. The molecule has 0 unspecified atom stereocenters. The number of rotatable bonds is 5. The van der Waals surface area contributed by atoms with E-state index in [0.717, 1.165) is 33.9 Å². The fraction of sp³-hybridized carbons (Fsp3) is 0.412. The Labute approximate surface area is 135 Å². The number of anilines is 1. The van der Waals surface area contributed by atoms with Crippen LogP contribution in [0.25, 0.3) is 11.0 Å². The Balaban J connectivity index is 1.81. The number of aromatic nitrogens is 4. The van der Waals surface area contributed by atoms with Gasteiger partial charge in [0.2, 0.25) is 0 Å². The molecular formula is C17H23N5O. The van der Waals surface area contributed by atoms with Gasteiger partial charge in [-0.25, -0.2) is 4.98 Å². The minimum atomic E-state index is 0.102. The fourth-order valence-electron chi connectivity index (χ4n) is 2.92. The zero-order valence-corrected chi connectivity index (χ0v) is 14.1. The minimum Gasteiger partial charge on any atom is -0.394 e. The normalized spacial score (nSPS) is 11.3. The molecule has 2 aromatic heterocycles. The summed E-state index contributed by atoms with van der Waals surface area (Å²) in [6, 6.07) is 6.24. The number of fused-ring (bicyclic) bond motifs is 1. The summed E-state index contributed by atoms with van der Waals surface area (Å²) >= 11 is 0. The quantitative estimate of drug-likeness (QED) is 0.758. The van der Waals surface area contributed by atoms with Gasteiger partial charge in [0.05, 0.1) is 29.9 Å². The number of aryl methyl sites for hydroxylation is 3. The van der Waals surface area contributed by atoms with Crippen LogP contribution in [0.1, 0.15) is 22.8 Å². The zero-order valence-electron chi connectivity index (χ0n) is 14.1. The van der Waals surface area contributed by atoms with Gasteiger partial charge < -0.3 is 15.0 Å². The predicted molar refractivity (Wildman–Crippen MR) is 91.6 cm³/mol. The van der Waals surface area contributed by atoms with Gasteiger partial charge >= 0.3 is 0 Å². The van der Waals surface area contributed by atoms with Crippen molar-refractivity contribution in [3.63, 3.8) is 0 Å². The Kier molecular flexibility index (Phi) is 4.09. The molecule has 2 N–H and O–H groups in total. The molecule has 0 aliphatic rings. The molecule has 2 heterocycles. The number of aliphatic hydroxyl groups is 1. The van der Waals surface area contributed by atoms with Gasteiger partial charge in [-0.2, -0.15) is 5.10 Å². The monoisotopic (exact) mass is 313 g/mol. The van der Waals surface area contributed by atoms with Crippen LogP contribution in [0.15, 0.2) is 18.2 Å². The van der Waals surface area contributed by atoms with E-state index in [1.165, 1.54) is 5.56 Å². The van der Waals surface area contributed by atoms with Crippen molar-refractivity contribution in [3.8, 4) is 0 Å². The summed E-state index contributed by atoms with van der Waals surface area (Å²) in [7, 11) is 2.03. The van der Waals surface area contributed by atoms with Crippen molar-refractivity contribution in [1.82, 2.24) is 19.3 Å². The number of hydrogen-bond donors (Lipinski definition) is 2. The second-order valence-electron chi connectivity index (χ2n) is 5.87. The van der Waals surface area contributed by atoms with Gasteiger partial charge in [0.1, 0.15) is 5.82 Å². The van der Waals surface area contributed by atoms with Crippen LogP contribution in [0, 0.1) is 20.8 Å². The Morgan fingerprint density at radius 1 is 1.22 bits per heavy atom. The number of hydrogen-bond acceptors (Lipinski definition) is 4. The van der Waals surface area contributed by atoms with Crippen molar-refractivity contribution in [3.05, 3.63) is 41.0 Å². The highest BCUT2D eigenvalue weighted by molar-refractivity contribution is 5.80. The lowest BCUT2D eigenvalue weighted by atomic mass is 10.2. The molecular weight excluding hydrogens is 290 g/mol. The summed E-state index contributed by atoms with van der Waals surface area (Å²) in [5, 5.41) is 17.0. The van der Waals surface area contributed by atoms with Crippen molar-refractivity contribution in [1.29, 1.82) is 0 Å². The lowest BCUT2D eigenvalue weighted by molar-refractivity contribution is 0.268. The first kappa shape index (κ1) is 15.6. The lowest BCUT2D eigenvalue weighted by Crippen LogP contribution is -2.07. The van der Waals surface area contributed by atoms with E-state index in [1.807, 2.05) is 32.5 Å². The maximum Gasteiger partial charge on any atom is 0.106 e. The van der Waals surface area contributed by atoms with Gasteiger partial charge in [0, 0.05) is 30.5 Å². The van der Waals surface area contributed by atoms with E-state index in [9.17, 15) is 0 Å². The van der Waals surface area contributed by atoms with Gasteiger partial charge in [-0.3, -0.25) is 4.68 Å². The predicted octanol–water partition coefficient (Wildman–Crippen LogP) is 2.30.